The van der Waals surface area contributed by atoms with Crippen molar-refractivity contribution in [2.24, 2.45) is 4.99 Å². The first-order valence-corrected chi connectivity index (χ1v) is 10.5. The highest BCUT2D eigenvalue weighted by molar-refractivity contribution is 5.79. The maximum atomic E-state index is 5.74. The minimum absolute atomic E-state index is 0.642. The van der Waals surface area contributed by atoms with Crippen molar-refractivity contribution in [3.63, 3.8) is 0 Å². The number of guanidine groups is 1. The van der Waals surface area contributed by atoms with Crippen LogP contribution < -0.4 is 20.3 Å². The zero-order valence-corrected chi connectivity index (χ0v) is 17.3. The van der Waals surface area contributed by atoms with Crippen LogP contribution in [0.5, 0.6) is 5.75 Å². The molecule has 0 bridgehead atoms. The summed E-state index contributed by atoms with van der Waals surface area (Å²) in [4.78, 5) is 7.18. The summed E-state index contributed by atoms with van der Waals surface area (Å²) in [7, 11) is 0. The second kappa shape index (κ2) is 12.0. The Balaban J connectivity index is 1.50. The molecule has 1 aliphatic rings. The number of nitrogens with one attached hydrogen (secondary N) is 2. The second-order valence-electron chi connectivity index (χ2n) is 6.87. The Morgan fingerprint density at radius 2 is 1.79 bits per heavy atom. The van der Waals surface area contributed by atoms with Crippen molar-refractivity contribution in [3.8, 4) is 5.75 Å². The molecule has 2 aromatic carbocycles. The first kappa shape index (κ1) is 21.0. The predicted molar refractivity (Wildman–Crippen MR) is 119 cm³/mol. The van der Waals surface area contributed by atoms with Crippen LogP contribution >= 0.6 is 0 Å². The molecule has 1 aliphatic heterocycles. The predicted octanol–water partition coefficient (Wildman–Crippen LogP) is 3.05. The first-order valence-electron chi connectivity index (χ1n) is 10.5. The first-order chi connectivity index (χ1) is 14.4. The molecule has 6 heteroatoms. The van der Waals surface area contributed by atoms with Gasteiger partial charge in [0.15, 0.2) is 5.96 Å². The van der Waals surface area contributed by atoms with E-state index in [1.165, 1.54) is 11.3 Å². The third-order valence-electron chi connectivity index (χ3n) is 4.72. The molecule has 6 nitrogen and oxygen atoms in total. The van der Waals surface area contributed by atoms with Crippen LogP contribution in [0.15, 0.2) is 59.6 Å². The Kier molecular flexibility index (Phi) is 8.66. The van der Waals surface area contributed by atoms with Gasteiger partial charge in [-0.05, 0) is 37.1 Å². The van der Waals surface area contributed by atoms with Gasteiger partial charge < -0.3 is 25.0 Å². The lowest BCUT2D eigenvalue weighted by atomic mass is 10.1. The highest BCUT2D eigenvalue weighted by Gasteiger charge is 2.14. The fraction of sp³-hybridized carbons (Fsp3) is 0.435. The molecule has 0 unspecified atom stereocenters. The molecule has 0 aliphatic carbocycles. The largest absolute Gasteiger partial charge is 0.494 e. The Hall–Kier alpha value is -2.73. The summed E-state index contributed by atoms with van der Waals surface area (Å²) in [5, 5.41) is 6.73. The maximum absolute atomic E-state index is 5.74. The van der Waals surface area contributed by atoms with Crippen molar-refractivity contribution in [2.75, 3.05) is 50.9 Å². The fourth-order valence-electron chi connectivity index (χ4n) is 3.25. The van der Waals surface area contributed by atoms with E-state index < -0.39 is 0 Å². The molecular formula is C23H32N4O2. The van der Waals surface area contributed by atoms with Crippen molar-refractivity contribution < 1.29 is 9.47 Å². The van der Waals surface area contributed by atoms with Gasteiger partial charge in [-0.15, -0.1) is 0 Å². The van der Waals surface area contributed by atoms with Crippen LogP contribution in [0.3, 0.4) is 0 Å². The fourth-order valence-corrected chi connectivity index (χ4v) is 3.25. The molecule has 0 saturated carbocycles. The minimum Gasteiger partial charge on any atom is -0.494 e. The molecule has 0 spiro atoms. The maximum Gasteiger partial charge on any atom is 0.191 e. The summed E-state index contributed by atoms with van der Waals surface area (Å²) >= 11 is 0. The number of nitrogens with zero attached hydrogens (tertiary/aromatic N) is 2. The zero-order valence-electron chi connectivity index (χ0n) is 17.3. The van der Waals surface area contributed by atoms with E-state index in [4.69, 9.17) is 14.5 Å². The molecule has 0 amide bonds. The summed E-state index contributed by atoms with van der Waals surface area (Å²) in [5.74, 6) is 1.75. The number of morpholine rings is 1. The van der Waals surface area contributed by atoms with Crippen molar-refractivity contribution in [1.29, 1.82) is 0 Å². The zero-order chi connectivity index (χ0) is 20.2. The van der Waals surface area contributed by atoms with Crippen LogP contribution in [-0.2, 0) is 11.3 Å². The third kappa shape index (κ3) is 6.98. The molecule has 29 heavy (non-hydrogen) atoms. The normalized spacial score (nSPS) is 14.5. The van der Waals surface area contributed by atoms with E-state index in [0.717, 1.165) is 57.5 Å². The van der Waals surface area contributed by atoms with Crippen molar-refractivity contribution >= 4 is 11.6 Å². The molecule has 3 rings (SSSR count). The van der Waals surface area contributed by atoms with E-state index in [1.54, 1.807) is 0 Å². The van der Waals surface area contributed by atoms with Crippen LogP contribution in [-0.4, -0.2) is 52.0 Å². The number of para-hydroxylation sites is 2. The van der Waals surface area contributed by atoms with Gasteiger partial charge in [0.25, 0.3) is 0 Å². The van der Waals surface area contributed by atoms with E-state index >= 15 is 0 Å². The van der Waals surface area contributed by atoms with E-state index in [9.17, 15) is 0 Å². The number of benzene rings is 2. The molecule has 0 aromatic heterocycles. The highest BCUT2D eigenvalue weighted by Crippen LogP contribution is 2.22. The summed E-state index contributed by atoms with van der Waals surface area (Å²) < 4.78 is 11.2. The monoisotopic (exact) mass is 396 g/mol. The van der Waals surface area contributed by atoms with Crippen molar-refractivity contribution in [3.05, 3.63) is 60.2 Å². The van der Waals surface area contributed by atoms with Gasteiger partial charge in [-0.2, -0.15) is 0 Å². The standard InChI is InChI=1S/C23H32N4O2/c1-2-24-23(25-13-8-16-29-21-10-4-3-5-11-21)26-19-20-9-6-7-12-22(20)27-14-17-28-18-15-27/h3-7,9-12H,2,8,13-19H2,1H3,(H2,24,25,26). The SMILES string of the molecule is CCNC(=NCc1ccccc1N1CCOCC1)NCCCOc1ccccc1. The molecule has 1 fully saturated rings. The van der Waals surface area contributed by atoms with Crippen LogP contribution in [0.4, 0.5) is 5.69 Å². The van der Waals surface area contributed by atoms with Crippen LogP contribution in [0, 0.1) is 0 Å². The lowest BCUT2D eigenvalue weighted by Crippen LogP contribution is -2.38. The summed E-state index contributed by atoms with van der Waals surface area (Å²) in [6.45, 7) is 8.47. The minimum atomic E-state index is 0.642. The molecule has 1 heterocycles. The average molecular weight is 397 g/mol. The van der Waals surface area contributed by atoms with Crippen molar-refractivity contribution in [2.45, 2.75) is 19.9 Å². The van der Waals surface area contributed by atoms with Gasteiger partial charge >= 0.3 is 0 Å². The van der Waals surface area contributed by atoms with Gasteiger partial charge in [-0.1, -0.05) is 36.4 Å². The summed E-state index contributed by atoms with van der Waals surface area (Å²) in [6, 6.07) is 18.4. The molecule has 0 atom stereocenters. The quantitative estimate of drug-likeness (QED) is 0.388. The summed E-state index contributed by atoms with van der Waals surface area (Å²) in [6.07, 6.45) is 0.906. The number of aliphatic imine (C=N–C) groups is 1. The lowest BCUT2D eigenvalue weighted by molar-refractivity contribution is 0.122. The molecule has 2 N–H and O–H groups in total. The molecule has 0 radical (unpaired) electrons. The molecular weight excluding hydrogens is 364 g/mol. The Morgan fingerprint density at radius 3 is 2.59 bits per heavy atom. The lowest BCUT2D eigenvalue weighted by Gasteiger charge is -2.30. The van der Waals surface area contributed by atoms with Gasteiger partial charge in [0, 0.05) is 31.9 Å². The number of ether oxygens (including phenoxy) is 2. The van der Waals surface area contributed by atoms with Gasteiger partial charge in [0.2, 0.25) is 0 Å². The number of anilines is 1. The average Bonchev–Trinajstić information content (AvgIpc) is 2.78. The Labute approximate surface area is 173 Å². The molecule has 2 aromatic rings. The summed E-state index contributed by atoms with van der Waals surface area (Å²) in [5.41, 5.74) is 2.49. The van der Waals surface area contributed by atoms with Crippen LogP contribution in [0.2, 0.25) is 0 Å². The number of rotatable bonds is 9. The third-order valence-corrected chi connectivity index (χ3v) is 4.72. The number of hydrogen-bond donors (Lipinski definition) is 2. The van der Waals surface area contributed by atoms with Gasteiger partial charge in [0.05, 0.1) is 26.4 Å². The number of hydrogen-bond acceptors (Lipinski definition) is 4. The van der Waals surface area contributed by atoms with Gasteiger partial charge in [0.1, 0.15) is 5.75 Å². The topological polar surface area (TPSA) is 58.1 Å². The Morgan fingerprint density at radius 1 is 1.03 bits per heavy atom. The van der Waals surface area contributed by atoms with Crippen LogP contribution in [0.25, 0.3) is 0 Å². The van der Waals surface area contributed by atoms with E-state index in [1.807, 2.05) is 30.3 Å². The van der Waals surface area contributed by atoms with Gasteiger partial charge in [-0.25, -0.2) is 4.99 Å². The van der Waals surface area contributed by atoms with E-state index in [2.05, 4.69) is 46.7 Å². The Bertz CT molecular complexity index is 746. The van der Waals surface area contributed by atoms with E-state index in [0.29, 0.717) is 13.2 Å². The second-order valence-corrected chi connectivity index (χ2v) is 6.87. The van der Waals surface area contributed by atoms with E-state index in [-0.39, 0.29) is 0 Å². The molecule has 1 saturated heterocycles. The smallest absolute Gasteiger partial charge is 0.191 e. The molecule has 156 valence electrons. The van der Waals surface area contributed by atoms with Gasteiger partial charge in [-0.3, -0.25) is 0 Å². The van der Waals surface area contributed by atoms with Crippen LogP contribution in [0.1, 0.15) is 18.9 Å². The highest BCUT2D eigenvalue weighted by atomic mass is 16.5. The van der Waals surface area contributed by atoms with Crippen molar-refractivity contribution in [1.82, 2.24) is 10.6 Å².